The van der Waals surface area contributed by atoms with Gasteiger partial charge in [-0.05, 0) is 110 Å². The van der Waals surface area contributed by atoms with Gasteiger partial charge in [0.2, 0.25) is 0 Å². The van der Waals surface area contributed by atoms with Crippen molar-refractivity contribution in [3.8, 4) is 0 Å². The summed E-state index contributed by atoms with van der Waals surface area (Å²) in [6, 6.07) is 0. The zero-order chi connectivity index (χ0) is 20.3. The van der Waals surface area contributed by atoms with Crippen molar-refractivity contribution >= 4 is 0 Å². The predicted molar refractivity (Wildman–Crippen MR) is 115 cm³/mol. The molecule has 3 nitrogen and oxygen atoms in total. The van der Waals surface area contributed by atoms with Crippen molar-refractivity contribution < 1.29 is 10.2 Å². The van der Waals surface area contributed by atoms with E-state index in [2.05, 4.69) is 27.7 Å². The summed E-state index contributed by atoms with van der Waals surface area (Å²) in [4.78, 5) is 0. The molecule has 0 heterocycles. The normalized spacial score (nSPS) is 54.5. The van der Waals surface area contributed by atoms with Crippen LogP contribution in [-0.2, 0) is 0 Å². The maximum absolute atomic E-state index is 11.7. The lowest BCUT2D eigenvalue weighted by Crippen LogP contribution is -2.62. The molecule has 0 aliphatic heterocycles. The Morgan fingerprint density at radius 1 is 0.964 bits per heavy atom. The van der Waals surface area contributed by atoms with Gasteiger partial charge in [-0.2, -0.15) is 0 Å². The van der Waals surface area contributed by atoms with E-state index < -0.39 is 0 Å². The highest BCUT2D eigenvalue weighted by Gasteiger charge is 2.64. The smallest absolute Gasteiger partial charge is 0.0605 e. The first-order chi connectivity index (χ1) is 13.3. The summed E-state index contributed by atoms with van der Waals surface area (Å²) < 4.78 is 0. The molecular formula is C25H45NO2. The zero-order valence-corrected chi connectivity index (χ0v) is 18.7. The van der Waals surface area contributed by atoms with Gasteiger partial charge in [0.15, 0.2) is 0 Å². The minimum Gasteiger partial charge on any atom is -0.393 e. The molecule has 0 radical (unpaired) electrons. The van der Waals surface area contributed by atoms with Crippen molar-refractivity contribution in [1.82, 2.24) is 0 Å². The lowest BCUT2D eigenvalue weighted by molar-refractivity contribution is -0.203. The Bertz CT molecular complexity index is 567. The maximum Gasteiger partial charge on any atom is 0.0605 e. The summed E-state index contributed by atoms with van der Waals surface area (Å²) in [6.07, 6.45) is 10.1. The first-order valence-electron chi connectivity index (χ1n) is 12.3. The van der Waals surface area contributed by atoms with Gasteiger partial charge < -0.3 is 15.9 Å². The highest BCUT2D eigenvalue weighted by atomic mass is 16.3. The van der Waals surface area contributed by atoms with Crippen molar-refractivity contribution in [2.24, 2.45) is 58.0 Å². The number of aliphatic hydroxyl groups is 2. The van der Waals surface area contributed by atoms with Crippen LogP contribution < -0.4 is 5.73 Å². The molecule has 0 saturated heterocycles. The Labute approximate surface area is 172 Å². The first-order valence-corrected chi connectivity index (χ1v) is 12.3. The Balaban J connectivity index is 1.67. The molecule has 162 valence electrons. The van der Waals surface area contributed by atoms with E-state index in [0.29, 0.717) is 46.3 Å². The first kappa shape index (κ1) is 21.1. The van der Waals surface area contributed by atoms with E-state index in [1.807, 2.05) is 0 Å². The van der Waals surface area contributed by atoms with E-state index in [1.54, 1.807) is 0 Å². The van der Waals surface area contributed by atoms with E-state index in [9.17, 15) is 10.2 Å². The van der Waals surface area contributed by atoms with Gasteiger partial charge in [0.1, 0.15) is 0 Å². The molecule has 4 aliphatic carbocycles. The van der Waals surface area contributed by atoms with Crippen molar-refractivity contribution in [1.29, 1.82) is 0 Å². The molecule has 4 fully saturated rings. The molecule has 0 aromatic heterocycles. The Kier molecular flexibility index (Phi) is 5.69. The highest BCUT2D eigenvalue weighted by Crippen LogP contribution is 2.69. The fraction of sp³-hybridized carbons (Fsp3) is 1.00. The third-order valence-electron chi connectivity index (χ3n) is 10.8. The molecule has 4 aliphatic rings. The van der Waals surface area contributed by atoms with E-state index in [4.69, 9.17) is 5.73 Å². The van der Waals surface area contributed by atoms with Crippen molar-refractivity contribution in [2.75, 3.05) is 6.54 Å². The van der Waals surface area contributed by atoms with Crippen LogP contribution in [0.4, 0.5) is 0 Å². The lowest BCUT2D eigenvalue weighted by Gasteiger charge is -2.64. The Morgan fingerprint density at radius 3 is 2.32 bits per heavy atom. The average Bonchev–Trinajstić information content (AvgIpc) is 3.01. The number of aliphatic hydroxyl groups excluding tert-OH is 2. The fourth-order valence-electron chi connectivity index (χ4n) is 9.40. The number of hydrogen-bond donors (Lipinski definition) is 3. The van der Waals surface area contributed by atoms with Crippen LogP contribution in [0.25, 0.3) is 0 Å². The van der Waals surface area contributed by atoms with Gasteiger partial charge in [-0.3, -0.25) is 0 Å². The van der Waals surface area contributed by atoms with Gasteiger partial charge in [0, 0.05) is 0 Å². The van der Waals surface area contributed by atoms with Crippen LogP contribution in [0.5, 0.6) is 0 Å². The molecule has 0 aromatic rings. The Morgan fingerprint density at radius 2 is 1.64 bits per heavy atom. The molecule has 4 saturated carbocycles. The summed E-state index contributed by atoms with van der Waals surface area (Å²) in [5, 5.41) is 22.1. The predicted octanol–water partition coefficient (Wildman–Crippen LogP) is 4.60. The second-order valence-electron chi connectivity index (χ2n) is 11.7. The van der Waals surface area contributed by atoms with Gasteiger partial charge in [0.05, 0.1) is 12.2 Å². The van der Waals surface area contributed by atoms with Gasteiger partial charge >= 0.3 is 0 Å². The number of hydrogen-bond acceptors (Lipinski definition) is 3. The SMILES string of the molecule is CC[C@@H]1C2C[C@H](O)CCC2(C)[C@H]2CC[C@]3(C)[C@@H]([C@H](C)CCN)CC[C@H]3C2[C@@H]1O. The van der Waals surface area contributed by atoms with Crippen LogP contribution >= 0.6 is 0 Å². The summed E-state index contributed by atoms with van der Waals surface area (Å²) in [5.41, 5.74) is 6.61. The third-order valence-corrected chi connectivity index (χ3v) is 10.8. The third kappa shape index (κ3) is 2.94. The molecule has 0 aromatic carbocycles. The summed E-state index contributed by atoms with van der Waals surface area (Å²) in [6.45, 7) is 10.6. The van der Waals surface area contributed by atoms with E-state index in [1.165, 1.54) is 25.7 Å². The topological polar surface area (TPSA) is 66.5 Å². The van der Waals surface area contributed by atoms with Crippen molar-refractivity contribution in [3.63, 3.8) is 0 Å². The molecule has 0 bridgehead atoms. The van der Waals surface area contributed by atoms with Gasteiger partial charge in [0.25, 0.3) is 0 Å². The zero-order valence-electron chi connectivity index (χ0n) is 18.7. The summed E-state index contributed by atoms with van der Waals surface area (Å²) >= 11 is 0. The van der Waals surface area contributed by atoms with Crippen LogP contribution in [0.2, 0.25) is 0 Å². The minimum absolute atomic E-state index is 0.155. The molecule has 3 heteroatoms. The number of fused-ring (bicyclic) bond motifs is 5. The van der Waals surface area contributed by atoms with E-state index in [0.717, 1.165) is 44.6 Å². The van der Waals surface area contributed by atoms with Gasteiger partial charge in [-0.25, -0.2) is 0 Å². The monoisotopic (exact) mass is 391 g/mol. The average molecular weight is 392 g/mol. The molecule has 4 N–H and O–H groups in total. The van der Waals surface area contributed by atoms with E-state index >= 15 is 0 Å². The number of nitrogens with two attached hydrogens (primary N) is 1. The van der Waals surface area contributed by atoms with Gasteiger partial charge in [-0.1, -0.05) is 34.1 Å². The molecule has 3 unspecified atom stereocenters. The maximum atomic E-state index is 11.7. The molecule has 4 rings (SSSR count). The molecule has 28 heavy (non-hydrogen) atoms. The standard InChI is InChI=1S/C25H45NO2/c1-5-17-21-14-16(27)8-11-25(21,4)20-9-12-24(3)18(15(2)10-13-26)6-7-19(24)22(20)23(17)28/h15-23,27-28H,5-14,26H2,1-4H3/t15-,16-,17-,18-,19+,20+,21?,22?,23-,24-,25?/m1/s1. The number of rotatable bonds is 4. The molecule has 0 spiro atoms. The van der Waals surface area contributed by atoms with Crippen LogP contribution in [0.3, 0.4) is 0 Å². The van der Waals surface area contributed by atoms with E-state index in [-0.39, 0.29) is 12.2 Å². The van der Waals surface area contributed by atoms with Crippen molar-refractivity contribution in [2.45, 2.75) is 97.7 Å². The lowest BCUT2D eigenvalue weighted by atomic mass is 9.41. The van der Waals surface area contributed by atoms with Crippen LogP contribution in [-0.4, -0.2) is 29.0 Å². The van der Waals surface area contributed by atoms with Crippen LogP contribution in [0, 0.1) is 52.3 Å². The van der Waals surface area contributed by atoms with Crippen LogP contribution in [0.1, 0.15) is 85.5 Å². The fourth-order valence-corrected chi connectivity index (χ4v) is 9.40. The largest absolute Gasteiger partial charge is 0.393 e. The molecule has 0 amide bonds. The summed E-state index contributed by atoms with van der Waals surface area (Å²) in [5.74, 6) is 4.12. The quantitative estimate of drug-likeness (QED) is 0.656. The second kappa shape index (κ2) is 7.54. The van der Waals surface area contributed by atoms with Crippen molar-refractivity contribution in [3.05, 3.63) is 0 Å². The van der Waals surface area contributed by atoms with Gasteiger partial charge in [-0.15, -0.1) is 0 Å². The highest BCUT2D eigenvalue weighted by molar-refractivity contribution is 5.13. The van der Waals surface area contributed by atoms with Crippen LogP contribution in [0.15, 0.2) is 0 Å². The molecular weight excluding hydrogens is 346 g/mol. The summed E-state index contributed by atoms with van der Waals surface area (Å²) in [7, 11) is 0. The molecule has 11 atom stereocenters. The second-order valence-corrected chi connectivity index (χ2v) is 11.7. The Hall–Kier alpha value is -0.120. The minimum atomic E-state index is -0.174.